The van der Waals surface area contributed by atoms with Crippen molar-refractivity contribution in [2.45, 2.75) is 24.1 Å². The van der Waals surface area contributed by atoms with E-state index in [0.717, 1.165) is 11.3 Å². The molecule has 2 N–H and O–H groups in total. The van der Waals surface area contributed by atoms with E-state index >= 15 is 0 Å². The average molecular weight is 414 g/mol. The molecule has 0 spiro atoms. The molecule has 2 rings (SSSR count). The third-order valence-electron chi connectivity index (χ3n) is 3.44. The van der Waals surface area contributed by atoms with Crippen molar-refractivity contribution in [2.24, 2.45) is 5.92 Å². The number of nitrogens with one attached hydrogen (secondary N) is 2. The molecule has 0 bridgehead atoms. The van der Waals surface area contributed by atoms with Crippen molar-refractivity contribution in [1.29, 1.82) is 0 Å². The van der Waals surface area contributed by atoms with Gasteiger partial charge in [-0.3, -0.25) is 9.59 Å². The van der Waals surface area contributed by atoms with Gasteiger partial charge in [0.2, 0.25) is 0 Å². The van der Waals surface area contributed by atoms with Gasteiger partial charge in [0.1, 0.15) is 16.1 Å². The van der Waals surface area contributed by atoms with Gasteiger partial charge in [0.15, 0.2) is 6.61 Å². The van der Waals surface area contributed by atoms with E-state index in [1.165, 1.54) is 30.3 Å². The summed E-state index contributed by atoms with van der Waals surface area (Å²) in [6, 6.07) is 6.94. The van der Waals surface area contributed by atoms with Gasteiger partial charge in [0.05, 0.1) is 0 Å². The number of sulfonamides is 1. The number of carbonyl (C=O) groups excluding carboxylic acids is 2. The van der Waals surface area contributed by atoms with E-state index in [1.807, 2.05) is 0 Å². The first kappa shape index (κ1) is 21.0. The van der Waals surface area contributed by atoms with Crippen LogP contribution >= 0.6 is 11.3 Å². The zero-order valence-electron chi connectivity index (χ0n) is 14.6. The Bertz CT molecular complexity index is 881. The molecule has 0 saturated carbocycles. The summed E-state index contributed by atoms with van der Waals surface area (Å²) in [5.41, 5.74) is 0.344. The molecule has 0 fully saturated rings. The first-order valence-electron chi connectivity index (χ1n) is 7.97. The number of benzene rings is 1. The predicted octanol–water partition coefficient (Wildman–Crippen LogP) is 2.37. The van der Waals surface area contributed by atoms with Crippen molar-refractivity contribution in [3.63, 3.8) is 0 Å². The zero-order valence-corrected chi connectivity index (χ0v) is 16.3. The maximum Gasteiger partial charge on any atom is 0.324 e. The maximum absolute atomic E-state index is 12.8. The standard InChI is InChI=1S/C17H19FN2O5S2/c1-11(2)16(20-27(23,24)15-4-3-9-26-15)17(22)25-10-14(21)19-13-7-5-12(18)6-8-13/h3-9,11,16,20H,10H2,1-2H3,(H,19,21)/t16-/m0/s1. The number of hydrogen-bond donors (Lipinski definition) is 2. The van der Waals surface area contributed by atoms with Gasteiger partial charge in [-0.2, -0.15) is 4.72 Å². The van der Waals surface area contributed by atoms with Crippen LogP contribution in [0.1, 0.15) is 13.8 Å². The molecule has 0 radical (unpaired) electrons. The van der Waals surface area contributed by atoms with Crippen molar-refractivity contribution in [2.75, 3.05) is 11.9 Å². The van der Waals surface area contributed by atoms with Crippen LogP contribution in [0.25, 0.3) is 0 Å². The number of rotatable bonds is 8. The van der Waals surface area contributed by atoms with Gasteiger partial charge in [-0.05, 0) is 41.6 Å². The van der Waals surface area contributed by atoms with Gasteiger partial charge >= 0.3 is 5.97 Å². The van der Waals surface area contributed by atoms with Gasteiger partial charge in [0.25, 0.3) is 15.9 Å². The lowest BCUT2D eigenvalue weighted by molar-refractivity contribution is -0.150. The number of anilines is 1. The molecule has 1 heterocycles. The van der Waals surface area contributed by atoms with Crippen LogP contribution in [0.5, 0.6) is 0 Å². The number of amides is 1. The van der Waals surface area contributed by atoms with Crippen LogP contribution < -0.4 is 10.0 Å². The maximum atomic E-state index is 12.8. The topological polar surface area (TPSA) is 102 Å². The van der Waals surface area contributed by atoms with E-state index in [2.05, 4.69) is 10.0 Å². The van der Waals surface area contributed by atoms with E-state index in [-0.39, 0.29) is 4.21 Å². The summed E-state index contributed by atoms with van der Waals surface area (Å²) in [6.07, 6.45) is 0. The van der Waals surface area contributed by atoms with Crippen LogP contribution in [-0.4, -0.2) is 32.9 Å². The smallest absolute Gasteiger partial charge is 0.324 e. The minimum absolute atomic E-state index is 0.0787. The van der Waals surface area contributed by atoms with Crippen LogP contribution in [0, 0.1) is 11.7 Å². The number of thiophene rings is 1. The highest BCUT2D eigenvalue weighted by Gasteiger charge is 2.30. The summed E-state index contributed by atoms with van der Waals surface area (Å²) in [5, 5.41) is 4.05. The Balaban J connectivity index is 1.94. The Kier molecular flexibility index (Phi) is 7.05. The van der Waals surface area contributed by atoms with Crippen molar-refractivity contribution >= 4 is 38.9 Å². The molecular formula is C17H19FN2O5S2. The highest BCUT2D eigenvalue weighted by molar-refractivity contribution is 7.91. The van der Waals surface area contributed by atoms with Crippen LogP contribution in [0.15, 0.2) is 46.0 Å². The normalized spacial score (nSPS) is 12.6. The molecule has 0 aliphatic heterocycles. The van der Waals surface area contributed by atoms with Crippen molar-refractivity contribution < 1.29 is 27.1 Å². The van der Waals surface area contributed by atoms with Gasteiger partial charge in [0, 0.05) is 5.69 Å². The van der Waals surface area contributed by atoms with Crippen LogP contribution in [-0.2, 0) is 24.3 Å². The Labute approximate surface area is 160 Å². The molecule has 2 aromatic rings. The number of esters is 1. The van der Waals surface area contributed by atoms with Crippen molar-refractivity contribution in [3.8, 4) is 0 Å². The summed E-state index contributed by atoms with van der Waals surface area (Å²) < 4.78 is 44.8. The number of hydrogen-bond acceptors (Lipinski definition) is 6. The molecule has 1 aromatic carbocycles. The second-order valence-corrected chi connectivity index (χ2v) is 8.83. The minimum atomic E-state index is -3.87. The number of carbonyl (C=O) groups is 2. The van der Waals surface area contributed by atoms with E-state index < -0.39 is 46.3 Å². The van der Waals surface area contributed by atoms with Crippen molar-refractivity contribution in [1.82, 2.24) is 4.72 Å². The summed E-state index contributed by atoms with van der Waals surface area (Å²) in [7, 11) is -3.87. The third kappa shape index (κ3) is 6.12. The fraction of sp³-hybridized carbons (Fsp3) is 0.294. The summed E-state index contributed by atoms with van der Waals surface area (Å²) in [6.45, 7) is 2.71. The van der Waals surface area contributed by atoms with E-state index in [4.69, 9.17) is 4.74 Å². The summed E-state index contributed by atoms with van der Waals surface area (Å²) >= 11 is 1.02. The molecule has 0 saturated heterocycles. The minimum Gasteiger partial charge on any atom is -0.454 e. The second-order valence-electron chi connectivity index (χ2n) is 5.94. The summed E-state index contributed by atoms with van der Waals surface area (Å²) in [5.74, 6) is -2.33. The molecule has 146 valence electrons. The first-order chi connectivity index (χ1) is 12.7. The molecule has 27 heavy (non-hydrogen) atoms. The van der Waals surface area contributed by atoms with Crippen LogP contribution in [0.3, 0.4) is 0 Å². The second kappa shape index (κ2) is 9.07. The highest BCUT2D eigenvalue weighted by atomic mass is 32.2. The molecule has 10 heteroatoms. The Morgan fingerprint density at radius 2 is 1.85 bits per heavy atom. The molecule has 0 unspecified atom stereocenters. The lowest BCUT2D eigenvalue weighted by Crippen LogP contribution is -2.45. The largest absolute Gasteiger partial charge is 0.454 e. The first-order valence-corrected chi connectivity index (χ1v) is 10.3. The van der Waals surface area contributed by atoms with Gasteiger partial charge < -0.3 is 10.1 Å². The van der Waals surface area contributed by atoms with E-state index in [1.54, 1.807) is 25.3 Å². The van der Waals surface area contributed by atoms with Crippen LogP contribution in [0.4, 0.5) is 10.1 Å². The third-order valence-corrected chi connectivity index (χ3v) is 6.27. The fourth-order valence-corrected chi connectivity index (χ4v) is 4.40. The summed E-state index contributed by atoms with van der Waals surface area (Å²) in [4.78, 5) is 24.1. The quantitative estimate of drug-likeness (QED) is 0.646. The number of halogens is 1. The SMILES string of the molecule is CC(C)[C@H](NS(=O)(=O)c1cccs1)C(=O)OCC(=O)Nc1ccc(F)cc1. The van der Waals surface area contributed by atoms with Gasteiger partial charge in [-0.1, -0.05) is 19.9 Å². The molecule has 0 aliphatic rings. The zero-order chi connectivity index (χ0) is 20.0. The van der Waals surface area contributed by atoms with Crippen LogP contribution in [0.2, 0.25) is 0 Å². The van der Waals surface area contributed by atoms with E-state index in [9.17, 15) is 22.4 Å². The predicted molar refractivity (Wildman–Crippen MR) is 99.3 cm³/mol. The number of ether oxygens (including phenoxy) is 1. The fourth-order valence-electron chi connectivity index (χ4n) is 2.05. The Morgan fingerprint density at radius 1 is 1.19 bits per heavy atom. The Morgan fingerprint density at radius 3 is 2.41 bits per heavy atom. The van der Waals surface area contributed by atoms with Gasteiger partial charge in [-0.15, -0.1) is 11.3 Å². The van der Waals surface area contributed by atoms with Gasteiger partial charge in [-0.25, -0.2) is 12.8 Å². The molecule has 0 aliphatic carbocycles. The lowest BCUT2D eigenvalue weighted by atomic mass is 10.1. The molecule has 1 aromatic heterocycles. The highest BCUT2D eigenvalue weighted by Crippen LogP contribution is 2.17. The monoisotopic (exact) mass is 414 g/mol. The van der Waals surface area contributed by atoms with Crippen molar-refractivity contribution in [3.05, 3.63) is 47.6 Å². The Hall–Kier alpha value is -2.30. The van der Waals surface area contributed by atoms with E-state index in [0.29, 0.717) is 5.69 Å². The molecule has 7 nitrogen and oxygen atoms in total. The average Bonchev–Trinajstić information content (AvgIpc) is 3.15. The molecule has 1 amide bonds. The molecular weight excluding hydrogens is 395 g/mol. The lowest BCUT2D eigenvalue weighted by Gasteiger charge is -2.20. The molecule has 1 atom stereocenters.